The fourth-order valence-electron chi connectivity index (χ4n) is 3.33. The lowest BCUT2D eigenvalue weighted by Gasteiger charge is -2.15. The SMILES string of the molecule is CCCCCCCC/C=C\CCCCCCCCNC(CC)CCN. The highest BCUT2D eigenvalue weighted by Crippen LogP contribution is 2.10. The van der Waals surface area contributed by atoms with Crippen molar-refractivity contribution in [2.24, 2.45) is 5.73 Å². The molecule has 0 rings (SSSR count). The van der Waals surface area contributed by atoms with E-state index in [1.54, 1.807) is 0 Å². The Labute approximate surface area is 159 Å². The second-order valence-electron chi connectivity index (χ2n) is 7.57. The number of nitrogens with two attached hydrogens (primary N) is 1. The third-order valence-electron chi connectivity index (χ3n) is 5.13. The van der Waals surface area contributed by atoms with Crippen molar-refractivity contribution >= 4 is 0 Å². The Kier molecular flexibility index (Phi) is 21.4. The first kappa shape index (κ1) is 24.7. The molecule has 1 atom stereocenters. The van der Waals surface area contributed by atoms with Crippen molar-refractivity contribution in [2.75, 3.05) is 13.1 Å². The molecule has 0 aromatic rings. The summed E-state index contributed by atoms with van der Waals surface area (Å²) in [5.41, 5.74) is 5.63. The van der Waals surface area contributed by atoms with Gasteiger partial charge in [0, 0.05) is 6.04 Å². The van der Waals surface area contributed by atoms with Gasteiger partial charge in [0.05, 0.1) is 0 Å². The van der Waals surface area contributed by atoms with E-state index in [9.17, 15) is 0 Å². The summed E-state index contributed by atoms with van der Waals surface area (Å²) in [6.45, 7) is 6.50. The molecule has 2 heteroatoms. The van der Waals surface area contributed by atoms with E-state index >= 15 is 0 Å². The van der Waals surface area contributed by atoms with Crippen LogP contribution in [0.25, 0.3) is 0 Å². The first-order valence-corrected chi connectivity index (χ1v) is 11.4. The highest BCUT2D eigenvalue weighted by molar-refractivity contribution is 4.81. The van der Waals surface area contributed by atoms with Gasteiger partial charge in [0.25, 0.3) is 0 Å². The van der Waals surface area contributed by atoms with Crippen molar-refractivity contribution in [1.29, 1.82) is 0 Å². The highest BCUT2D eigenvalue weighted by atomic mass is 14.9. The van der Waals surface area contributed by atoms with Gasteiger partial charge in [-0.1, -0.05) is 83.8 Å². The van der Waals surface area contributed by atoms with Crippen molar-refractivity contribution in [3.05, 3.63) is 12.2 Å². The first-order chi connectivity index (χ1) is 12.3. The molecule has 0 saturated heterocycles. The zero-order valence-electron chi connectivity index (χ0n) is 17.5. The Morgan fingerprint density at radius 1 is 0.720 bits per heavy atom. The van der Waals surface area contributed by atoms with E-state index < -0.39 is 0 Å². The van der Waals surface area contributed by atoms with Crippen molar-refractivity contribution in [2.45, 2.75) is 123 Å². The zero-order valence-corrected chi connectivity index (χ0v) is 17.5. The Bertz CT molecular complexity index is 263. The van der Waals surface area contributed by atoms with Crippen LogP contribution < -0.4 is 11.1 Å². The molecule has 150 valence electrons. The maximum absolute atomic E-state index is 5.63. The standard InChI is InChI=1S/C23H48N2/c1-3-5-6-7-8-9-10-11-12-13-14-15-16-17-18-19-22-25-23(4-2)20-21-24/h11-12,23,25H,3-10,13-22,24H2,1-2H3/b12-11-. The molecule has 0 aliphatic heterocycles. The summed E-state index contributed by atoms with van der Waals surface area (Å²) in [7, 11) is 0. The van der Waals surface area contributed by atoms with E-state index in [-0.39, 0.29) is 0 Å². The minimum absolute atomic E-state index is 0.633. The van der Waals surface area contributed by atoms with Gasteiger partial charge >= 0.3 is 0 Å². The molecule has 0 aromatic carbocycles. The number of allylic oxidation sites excluding steroid dienone is 2. The lowest BCUT2D eigenvalue weighted by molar-refractivity contribution is 0.458. The smallest absolute Gasteiger partial charge is 0.00764 e. The van der Waals surface area contributed by atoms with Crippen LogP contribution in [-0.2, 0) is 0 Å². The van der Waals surface area contributed by atoms with Crippen LogP contribution in [0.5, 0.6) is 0 Å². The number of rotatable bonds is 20. The summed E-state index contributed by atoms with van der Waals surface area (Å²) < 4.78 is 0. The third-order valence-corrected chi connectivity index (χ3v) is 5.13. The lowest BCUT2D eigenvalue weighted by atomic mass is 10.1. The van der Waals surface area contributed by atoms with Gasteiger partial charge in [-0.05, 0) is 58.0 Å². The number of hydrogen-bond donors (Lipinski definition) is 2. The topological polar surface area (TPSA) is 38.0 Å². The van der Waals surface area contributed by atoms with Crippen LogP contribution in [0.3, 0.4) is 0 Å². The monoisotopic (exact) mass is 352 g/mol. The van der Waals surface area contributed by atoms with Crippen LogP contribution in [-0.4, -0.2) is 19.1 Å². The van der Waals surface area contributed by atoms with Gasteiger partial charge in [0.1, 0.15) is 0 Å². The van der Waals surface area contributed by atoms with E-state index in [0.29, 0.717) is 6.04 Å². The van der Waals surface area contributed by atoms with Crippen molar-refractivity contribution in [1.82, 2.24) is 5.32 Å². The van der Waals surface area contributed by atoms with Crippen LogP contribution in [0.15, 0.2) is 12.2 Å². The van der Waals surface area contributed by atoms with E-state index in [0.717, 1.165) is 13.0 Å². The molecule has 0 bridgehead atoms. The summed E-state index contributed by atoms with van der Waals surface area (Å²) in [6.07, 6.45) is 26.4. The molecule has 2 nitrogen and oxygen atoms in total. The van der Waals surface area contributed by atoms with Gasteiger partial charge in [0.2, 0.25) is 0 Å². The number of unbranched alkanes of at least 4 members (excludes halogenated alkanes) is 12. The van der Waals surface area contributed by atoms with Gasteiger partial charge in [-0.2, -0.15) is 0 Å². The molecule has 3 N–H and O–H groups in total. The summed E-state index contributed by atoms with van der Waals surface area (Å²) in [5.74, 6) is 0. The lowest BCUT2D eigenvalue weighted by Crippen LogP contribution is -2.31. The van der Waals surface area contributed by atoms with Gasteiger partial charge in [-0.25, -0.2) is 0 Å². The molecule has 0 aliphatic carbocycles. The Morgan fingerprint density at radius 2 is 1.24 bits per heavy atom. The predicted molar refractivity (Wildman–Crippen MR) is 115 cm³/mol. The van der Waals surface area contributed by atoms with Crippen molar-refractivity contribution < 1.29 is 0 Å². The molecule has 0 radical (unpaired) electrons. The van der Waals surface area contributed by atoms with Crippen LogP contribution in [0, 0.1) is 0 Å². The van der Waals surface area contributed by atoms with Crippen LogP contribution in [0.1, 0.15) is 117 Å². The molecule has 0 aliphatic rings. The molecule has 25 heavy (non-hydrogen) atoms. The molecule has 0 spiro atoms. The maximum Gasteiger partial charge on any atom is 0.00764 e. The predicted octanol–water partition coefficient (Wildman–Crippen LogP) is 6.74. The average Bonchev–Trinajstić information content (AvgIpc) is 2.63. The number of nitrogens with one attached hydrogen (secondary N) is 1. The Balaban J connectivity index is 3.17. The summed E-state index contributed by atoms with van der Waals surface area (Å²) in [4.78, 5) is 0. The molecule has 0 aromatic heterocycles. The second-order valence-corrected chi connectivity index (χ2v) is 7.57. The molecule has 0 heterocycles. The van der Waals surface area contributed by atoms with E-state index in [1.165, 1.54) is 103 Å². The molecular formula is C23H48N2. The fourth-order valence-corrected chi connectivity index (χ4v) is 3.33. The normalized spacial score (nSPS) is 12.9. The van der Waals surface area contributed by atoms with Crippen LogP contribution >= 0.6 is 0 Å². The second kappa shape index (κ2) is 21.7. The maximum atomic E-state index is 5.63. The van der Waals surface area contributed by atoms with E-state index in [2.05, 4.69) is 31.3 Å². The summed E-state index contributed by atoms with van der Waals surface area (Å²) in [5, 5.41) is 3.63. The summed E-state index contributed by atoms with van der Waals surface area (Å²) >= 11 is 0. The molecule has 1 unspecified atom stereocenters. The van der Waals surface area contributed by atoms with Crippen molar-refractivity contribution in [3.8, 4) is 0 Å². The van der Waals surface area contributed by atoms with Crippen LogP contribution in [0.4, 0.5) is 0 Å². The Morgan fingerprint density at radius 3 is 1.76 bits per heavy atom. The molecule has 0 saturated carbocycles. The molecule has 0 amide bonds. The zero-order chi connectivity index (χ0) is 18.4. The first-order valence-electron chi connectivity index (χ1n) is 11.4. The summed E-state index contributed by atoms with van der Waals surface area (Å²) in [6, 6.07) is 0.633. The van der Waals surface area contributed by atoms with E-state index in [1.807, 2.05) is 0 Å². The van der Waals surface area contributed by atoms with Gasteiger partial charge in [-0.3, -0.25) is 0 Å². The molecular weight excluding hydrogens is 304 g/mol. The van der Waals surface area contributed by atoms with Gasteiger partial charge < -0.3 is 11.1 Å². The third kappa shape index (κ3) is 19.8. The van der Waals surface area contributed by atoms with E-state index in [4.69, 9.17) is 5.73 Å². The number of hydrogen-bond acceptors (Lipinski definition) is 2. The van der Waals surface area contributed by atoms with Crippen molar-refractivity contribution in [3.63, 3.8) is 0 Å². The molecule has 0 fully saturated rings. The quantitative estimate of drug-likeness (QED) is 0.188. The largest absolute Gasteiger partial charge is 0.330 e. The average molecular weight is 353 g/mol. The van der Waals surface area contributed by atoms with Gasteiger partial charge in [-0.15, -0.1) is 0 Å². The minimum atomic E-state index is 0.633. The minimum Gasteiger partial charge on any atom is -0.330 e. The van der Waals surface area contributed by atoms with Crippen LogP contribution in [0.2, 0.25) is 0 Å². The Hall–Kier alpha value is -0.340. The fraction of sp³-hybridized carbons (Fsp3) is 0.913. The highest BCUT2D eigenvalue weighted by Gasteiger charge is 2.02. The van der Waals surface area contributed by atoms with Gasteiger partial charge in [0.15, 0.2) is 0 Å².